The molecule has 1 aliphatic heterocycles. The zero-order chi connectivity index (χ0) is 15.1. The largest absolute Gasteiger partial charge is 0.480 e. The SMILES string of the molecule is CCN(CC)C(=O)CCNC(=O)N1CSC[C@H]1C(=O)O. The van der Waals surface area contributed by atoms with Gasteiger partial charge < -0.3 is 20.2 Å². The van der Waals surface area contributed by atoms with Gasteiger partial charge in [-0.2, -0.15) is 0 Å². The third kappa shape index (κ3) is 4.29. The predicted octanol–water partition coefficient (Wildman–Crippen LogP) is 0.414. The molecule has 0 spiro atoms. The highest BCUT2D eigenvalue weighted by Gasteiger charge is 2.34. The molecule has 0 bridgehead atoms. The van der Waals surface area contributed by atoms with Crippen molar-refractivity contribution < 1.29 is 19.5 Å². The number of carboxylic acids is 1. The van der Waals surface area contributed by atoms with Gasteiger partial charge in [-0.25, -0.2) is 9.59 Å². The van der Waals surface area contributed by atoms with E-state index in [4.69, 9.17) is 5.11 Å². The van der Waals surface area contributed by atoms with Crippen molar-refractivity contribution in [3.8, 4) is 0 Å². The van der Waals surface area contributed by atoms with E-state index < -0.39 is 18.0 Å². The summed E-state index contributed by atoms with van der Waals surface area (Å²) >= 11 is 1.41. The van der Waals surface area contributed by atoms with Gasteiger partial charge in [-0.05, 0) is 13.8 Å². The molecule has 2 N–H and O–H groups in total. The summed E-state index contributed by atoms with van der Waals surface area (Å²) in [5.74, 6) is -0.237. The number of hydrogen-bond acceptors (Lipinski definition) is 4. The Morgan fingerprint density at radius 3 is 2.55 bits per heavy atom. The Kier molecular flexibility index (Phi) is 6.63. The van der Waals surface area contributed by atoms with Crippen molar-refractivity contribution >= 4 is 29.7 Å². The summed E-state index contributed by atoms with van der Waals surface area (Å²) in [6.45, 7) is 5.32. The molecule has 8 heteroatoms. The second-order valence-corrected chi connectivity index (χ2v) is 5.37. The van der Waals surface area contributed by atoms with Crippen molar-refractivity contribution in [2.45, 2.75) is 26.3 Å². The second kappa shape index (κ2) is 7.98. The Bertz CT molecular complexity index is 374. The first kappa shape index (κ1) is 16.6. The van der Waals surface area contributed by atoms with E-state index in [-0.39, 0.29) is 18.9 Å². The molecule has 1 rings (SSSR count). The number of thioether (sulfide) groups is 1. The third-order valence-electron chi connectivity index (χ3n) is 3.16. The number of carbonyl (C=O) groups is 3. The van der Waals surface area contributed by atoms with Gasteiger partial charge in [0.15, 0.2) is 0 Å². The van der Waals surface area contributed by atoms with E-state index >= 15 is 0 Å². The number of aliphatic carboxylic acids is 1. The van der Waals surface area contributed by atoms with Crippen LogP contribution in [0.1, 0.15) is 20.3 Å². The number of urea groups is 1. The standard InChI is InChI=1S/C12H21N3O4S/c1-3-14(4-2)10(16)5-6-13-12(19)15-8-20-7-9(15)11(17)18/h9H,3-8H2,1-2H3,(H,13,19)(H,17,18)/t9-/m0/s1. The summed E-state index contributed by atoms with van der Waals surface area (Å²) < 4.78 is 0. The van der Waals surface area contributed by atoms with Gasteiger partial charge in [0.05, 0.1) is 5.88 Å². The Morgan fingerprint density at radius 2 is 2.00 bits per heavy atom. The monoisotopic (exact) mass is 303 g/mol. The molecule has 1 aliphatic rings. The van der Waals surface area contributed by atoms with Crippen LogP contribution in [0.15, 0.2) is 0 Å². The van der Waals surface area contributed by atoms with E-state index in [1.54, 1.807) is 4.90 Å². The fraction of sp³-hybridized carbons (Fsp3) is 0.750. The highest BCUT2D eigenvalue weighted by Crippen LogP contribution is 2.20. The molecule has 7 nitrogen and oxygen atoms in total. The molecular weight excluding hydrogens is 282 g/mol. The van der Waals surface area contributed by atoms with Crippen molar-refractivity contribution in [2.75, 3.05) is 31.3 Å². The van der Waals surface area contributed by atoms with E-state index in [9.17, 15) is 14.4 Å². The minimum Gasteiger partial charge on any atom is -0.480 e. The Hall–Kier alpha value is -1.44. The number of amides is 3. The molecule has 0 radical (unpaired) electrons. The lowest BCUT2D eigenvalue weighted by Gasteiger charge is -2.22. The molecule has 114 valence electrons. The Labute approximate surface area is 122 Å². The zero-order valence-electron chi connectivity index (χ0n) is 11.8. The molecule has 1 atom stereocenters. The minimum absolute atomic E-state index is 0.0131. The lowest BCUT2D eigenvalue weighted by Crippen LogP contribution is -2.47. The smallest absolute Gasteiger partial charge is 0.327 e. The van der Waals surface area contributed by atoms with Crippen molar-refractivity contribution in [2.24, 2.45) is 0 Å². The molecule has 0 unspecified atom stereocenters. The molecule has 20 heavy (non-hydrogen) atoms. The van der Waals surface area contributed by atoms with Crippen LogP contribution in [0.5, 0.6) is 0 Å². The first-order valence-corrected chi connectivity index (χ1v) is 7.79. The fourth-order valence-corrected chi connectivity index (χ4v) is 3.10. The van der Waals surface area contributed by atoms with E-state index in [1.807, 2.05) is 13.8 Å². The van der Waals surface area contributed by atoms with E-state index in [2.05, 4.69) is 5.32 Å². The first-order valence-electron chi connectivity index (χ1n) is 6.64. The molecular formula is C12H21N3O4S. The topological polar surface area (TPSA) is 90.0 Å². The zero-order valence-corrected chi connectivity index (χ0v) is 12.6. The summed E-state index contributed by atoms with van der Waals surface area (Å²) in [5, 5.41) is 11.6. The average molecular weight is 303 g/mol. The van der Waals surface area contributed by atoms with E-state index in [0.717, 1.165) is 0 Å². The highest BCUT2D eigenvalue weighted by atomic mass is 32.2. The summed E-state index contributed by atoms with van der Waals surface area (Å²) in [6, 6.07) is -1.20. The quantitative estimate of drug-likeness (QED) is 0.742. The van der Waals surface area contributed by atoms with Gasteiger partial charge in [0.1, 0.15) is 6.04 Å². The van der Waals surface area contributed by atoms with Crippen LogP contribution in [-0.4, -0.2) is 70.1 Å². The lowest BCUT2D eigenvalue weighted by atomic mass is 10.3. The lowest BCUT2D eigenvalue weighted by molar-refractivity contribution is -0.140. The van der Waals surface area contributed by atoms with E-state index in [0.29, 0.717) is 24.7 Å². The number of carboxylic acid groups (broad SMARTS) is 1. The van der Waals surface area contributed by atoms with Gasteiger partial charge in [0.2, 0.25) is 5.91 Å². The van der Waals surface area contributed by atoms with Gasteiger partial charge in [-0.3, -0.25) is 4.79 Å². The normalized spacial score (nSPS) is 17.9. The van der Waals surface area contributed by atoms with Crippen LogP contribution in [0, 0.1) is 0 Å². The van der Waals surface area contributed by atoms with Gasteiger partial charge in [0, 0.05) is 31.8 Å². The third-order valence-corrected chi connectivity index (χ3v) is 4.17. The van der Waals surface area contributed by atoms with Crippen molar-refractivity contribution in [3.05, 3.63) is 0 Å². The maximum Gasteiger partial charge on any atom is 0.327 e. The molecule has 0 aromatic carbocycles. The van der Waals surface area contributed by atoms with Crippen LogP contribution >= 0.6 is 11.8 Å². The highest BCUT2D eigenvalue weighted by molar-refractivity contribution is 7.99. The summed E-state index contributed by atoms with van der Waals surface area (Å²) in [5.41, 5.74) is 0. The summed E-state index contributed by atoms with van der Waals surface area (Å²) in [4.78, 5) is 37.6. The van der Waals surface area contributed by atoms with Crippen LogP contribution < -0.4 is 5.32 Å². The van der Waals surface area contributed by atoms with Crippen LogP contribution in [-0.2, 0) is 9.59 Å². The number of carbonyl (C=O) groups excluding carboxylic acids is 2. The molecule has 0 aromatic rings. The van der Waals surface area contributed by atoms with Gasteiger partial charge in [0.25, 0.3) is 0 Å². The van der Waals surface area contributed by atoms with Gasteiger partial charge >= 0.3 is 12.0 Å². The number of rotatable bonds is 6. The van der Waals surface area contributed by atoms with Gasteiger partial charge in [-0.1, -0.05) is 0 Å². The van der Waals surface area contributed by atoms with Gasteiger partial charge in [-0.15, -0.1) is 11.8 Å². The van der Waals surface area contributed by atoms with Crippen molar-refractivity contribution in [3.63, 3.8) is 0 Å². The summed E-state index contributed by atoms with van der Waals surface area (Å²) in [7, 11) is 0. The first-order chi connectivity index (χ1) is 9.51. The van der Waals surface area contributed by atoms with Crippen LogP contribution in [0.25, 0.3) is 0 Å². The Morgan fingerprint density at radius 1 is 1.35 bits per heavy atom. The van der Waals surface area contributed by atoms with Crippen molar-refractivity contribution in [1.29, 1.82) is 0 Å². The maximum absolute atomic E-state index is 11.9. The van der Waals surface area contributed by atoms with Crippen LogP contribution in [0.4, 0.5) is 4.79 Å². The second-order valence-electron chi connectivity index (χ2n) is 4.37. The van der Waals surface area contributed by atoms with Crippen LogP contribution in [0.2, 0.25) is 0 Å². The molecule has 0 aliphatic carbocycles. The molecule has 0 saturated carbocycles. The van der Waals surface area contributed by atoms with Crippen LogP contribution in [0.3, 0.4) is 0 Å². The molecule has 1 saturated heterocycles. The number of nitrogens with one attached hydrogen (secondary N) is 1. The fourth-order valence-electron chi connectivity index (χ4n) is 1.96. The summed E-state index contributed by atoms with van der Waals surface area (Å²) in [6.07, 6.45) is 0.228. The Balaban J connectivity index is 2.36. The maximum atomic E-state index is 11.9. The molecule has 0 aromatic heterocycles. The van der Waals surface area contributed by atoms with E-state index in [1.165, 1.54) is 16.7 Å². The molecule has 1 fully saturated rings. The molecule has 1 heterocycles. The van der Waals surface area contributed by atoms with Crippen molar-refractivity contribution in [1.82, 2.24) is 15.1 Å². The molecule has 3 amide bonds. The minimum atomic E-state index is -0.996. The number of nitrogens with zero attached hydrogens (tertiary/aromatic N) is 2. The average Bonchev–Trinajstić information content (AvgIpc) is 2.89. The predicted molar refractivity (Wildman–Crippen MR) is 76.5 cm³/mol. The number of hydrogen-bond donors (Lipinski definition) is 2.